The molecule has 0 saturated heterocycles. The number of urea groups is 1. The molecule has 7 nitrogen and oxygen atoms in total. The molecular weight excluding hydrogens is 280 g/mol. The van der Waals surface area contributed by atoms with Crippen molar-refractivity contribution < 1.29 is 4.79 Å². The van der Waals surface area contributed by atoms with Crippen LogP contribution in [0.1, 0.15) is 5.56 Å². The Morgan fingerprint density at radius 2 is 2.09 bits per heavy atom. The molecule has 110 valence electrons. The number of amides is 2. The molecule has 0 aliphatic carbocycles. The summed E-state index contributed by atoms with van der Waals surface area (Å²) >= 11 is 0. The minimum absolute atomic E-state index is 0.360. The van der Waals surface area contributed by atoms with Gasteiger partial charge in [0.25, 0.3) is 0 Å². The number of imidazole rings is 1. The molecule has 0 aliphatic rings. The summed E-state index contributed by atoms with van der Waals surface area (Å²) in [5.74, 6) is 1.03. The number of nitrogens with one attached hydrogen (secondary N) is 2. The van der Waals surface area contributed by atoms with Gasteiger partial charge < -0.3 is 5.32 Å². The summed E-state index contributed by atoms with van der Waals surface area (Å²) in [6.07, 6.45) is 6.43. The predicted molar refractivity (Wildman–Crippen MR) is 83.0 cm³/mol. The number of carbonyl (C=O) groups is 1. The van der Waals surface area contributed by atoms with Crippen LogP contribution in [-0.4, -0.2) is 25.6 Å². The molecule has 0 bridgehead atoms. The molecule has 2 heterocycles. The second-order valence-electron chi connectivity index (χ2n) is 4.68. The Bertz CT molecular complexity index is 784. The smallest absolute Gasteiger partial charge is 0.308 e. The van der Waals surface area contributed by atoms with E-state index in [1.807, 2.05) is 31.2 Å². The van der Waals surface area contributed by atoms with E-state index in [0.717, 1.165) is 11.3 Å². The van der Waals surface area contributed by atoms with Gasteiger partial charge in [-0.15, -0.1) is 0 Å². The van der Waals surface area contributed by atoms with Crippen LogP contribution in [0.3, 0.4) is 0 Å². The van der Waals surface area contributed by atoms with Crippen molar-refractivity contribution in [3.8, 4) is 5.82 Å². The number of anilines is 2. The minimum Gasteiger partial charge on any atom is -0.308 e. The Morgan fingerprint density at radius 1 is 1.18 bits per heavy atom. The molecule has 3 aromatic rings. The van der Waals surface area contributed by atoms with E-state index < -0.39 is 0 Å². The van der Waals surface area contributed by atoms with E-state index in [4.69, 9.17) is 0 Å². The molecule has 2 N–H and O–H groups in total. The Kier molecular flexibility index (Phi) is 3.78. The van der Waals surface area contributed by atoms with Crippen LogP contribution in [-0.2, 0) is 0 Å². The van der Waals surface area contributed by atoms with Gasteiger partial charge in [-0.05, 0) is 24.6 Å². The first-order valence-corrected chi connectivity index (χ1v) is 6.66. The van der Waals surface area contributed by atoms with E-state index in [1.165, 1.54) is 6.33 Å². The van der Waals surface area contributed by atoms with Crippen LogP contribution in [0.25, 0.3) is 5.82 Å². The average Bonchev–Trinajstić information content (AvgIpc) is 3.01. The number of nitrogens with zero attached hydrogens (tertiary/aromatic N) is 4. The van der Waals surface area contributed by atoms with Gasteiger partial charge in [0.1, 0.15) is 24.3 Å². The number of aryl methyl sites for hydroxylation is 1. The van der Waals surface area contributed by atoms with Crippen LogP contribution in [0.15, 0.2) is 55.4 Å². The average molecular weight is 294 g/mol. The maximum Gasteiger partial charge on any atom is 0.324 e. The van der Waals surface area contributed by atoms with Gasteiger partial charge in [0.15, 0.2) is 0 Å². The second kappa shape index (κ2) is 6.04. The molecule has 0 fully saturated rings. The highest BCUT2D eigenvalue weighted by Gasteiger charge is 2.06. The zero-order valence-corrected chi connectivity index (χ0v) is 11.9. The monoisotopic (exact) mass is 294 g/mol. The molecule has 0 aliphatic heterocycles. The number of carbonyl (C=O) groups excluding carboxylic acids is 1. The third-order valence-corrected chi connectivity index (χ3v) is 2.94. The Labute approximate surface area is 127 Å². The lowest BCUT2D eigenvalue weighted by molar-refractivity contribution is 0.262. The van der Waals surface area contributed by atoms with Crippen LogP contribution in [0.2, 0.25) is 0 Å². The highest BCUT2D eigenvalue weighted by molar-refractivity contribution is 5.99. The fourth-order valence-corrected chi connectivity index (χ4v) is 1.95. The van der Waals surface area contributed by atoms with Crippen LogP contribution >= 0.6 is 0 Å². The molecular formula is C15H14N6O. The fraction of sp³-hybridized carbons (Fsp3) is 0.0667. The first kappa shape index (κ1) is 13.7. The van der Waals surface area contributed by atoms with Crippen molar-refractivity contribution in [1.29, 1.82) is 0 Å². The van der Waals surface area contributed by atoms with E-state index >= 15 is 0 Å². The van der Waals surface area contributed by atoms with Crippen LogP contribution < -0.4 is 10.6 Å². The topological polar surface area (TPSA) is 84.7 Å². The van der Waals surface area contributed by atoms with Gasteiger partial charge in [-0.2, -0.15) is 0 Å². The Balaban J connectivity index is 1.70. The van der Waals surface area contributed by atoms with E-state index in [1.54, 1.807) is 29.4 Å². The summed E-state index contributed by atoms with van der Waals surface area (Å²) in [6.45, 7) is 1.96. The summed E-state index contributed by atoms with van der Waals surface area (Å²) < 4.78 is 1.73. The standard InChI is InChI=1S/C15H14N6O/c1-11-3-2-4-12(7-11)19-15(22)20-13-8-14(18-9-17-13)21-6-5-16-10-21/h2-10H,1H3,(H2,17,18,19,20,22). The fourth-order valence-electron chi connectivity index (χ4n) is 1.95. The Morgan fingerprint density at radius 3 is 2.86 bits per heavy atom. The van der Waals surface area contributed by atoms with Crippen molar-refractivity contribution in [2.75, 3.05) is 10.6 Å². The SMILES string of the molecule is Cc1cccc(NC(=O)Nc2cc(-n3ccnc3)ncn2)c1. The summed E-state index contributed by atoms with van der Waals surface area (Å²) in [5, 5.41) is 5.43. The van der Waals surface area contributed by atoms with Gasteiger partial charge in [-0.1, -0.05) is 12.1 Å². The van der Waals surface area contributed by atoms with E-state index in [0.29, 0.717) is 11.6 Å². The van der Waals surface area contributed by atoms with E-state index in [9.17, 15) is 4.79 Å². The maximum atomic E-state index is 12.0. The predicted octanol–water partition coefficient (Wildman–Crippen LogP) is 2.61. The third kappa shape index (κ3) is 3.26. The maximum absolute atomic E-state index is 12.0. The van der Waals surface area contributed by atoms with Crippen molar-refractivity contribution in [3.63, 3.8) is 0 Å². The molecule has 3 rings (SSSR count). The number of hydrogen-bond acceptors (Lipinski definition) is 4. The summed E-state index contributed by atoms with van der Waals surface area (Å²) in [4.78, 5) is 24.1. The van der Waals surface area contributed by atoms with Crippen LogP contribution in [0.4, 0.5) is 16.3 Å². The number of hydrogen-bond donors (Lipinski definition) is 2. The molecule has 0 unspecified atom stereocenters. The number of rotatable bonds is 3. The third-order valence-electron chi connectivity index (χ3n) is 2.94. The highest BCUT2D eigenvalue weighted by Crippen LogP contribution is 2.11. The number of aromatic nitrogens is 4. The first-order chi connectivity index (χ1) is 10.7. The molecule has 2 amide bonds. The van der Waals surface area contributed by atoms with Gasteiger partial charge >= 0.3 is 6.03 Å². The van der Waals surface area contributed by atoms with E-state index in [-0.39, 0.29) is 6.03 Å². The van der Waals surface area contributed by atoms with Gasteiger partial charge in [-0.3, -0.25) is 9.88 Å². The lowest BCUT2D eigenvalue weighted by Crippen LogP contribution is -2.20. The lowest BCUT2D eigenvalue weighted by atomic mass is 10.2. The lowest BCUT2D eigenvalue weighted by Gasteiger charge is -2.08. The molecule has 1 aromatic carbocycles. The van der Waals surface area contributed by atoms with Crippen molar-refractivity contribution >= 4 is 17.5 Å². The van der Waals surface area contributed by atoms with Crippen molar-refractivity contribution in [3.05, 3.63) is 60.9 Å². The first-order valence-electron chi connectivity index (χ1n) is 6.66. The van der Waals surface area contributed by atoms with Crippen LogP contribution in [0.5, 0.6) is 0 Å². The van der Waals surface area contributed by atoms with Gasteiger partial charge in [0.2, 0.25) is 0 Å². The number of benzene rings is 1. The molecule has 22 heavy (non-hydrogen) atoms. The summed E-state index contributed by atoms with van der Waals surface area (Å²) in [5.41, 5.74) is 1.80. The quantitative estimate of drug-likeness (QED) is 0.777. The summed E-state index contributed by atoms with van der Waals surface area (Å²) in [7, 11) is 0. The molecule has 0 saturated carbocycles. The van der Waals surface area contributed by atoms with Gasteiger partial charge in [0, 0.05) is 24.1 Å². The van der Waals surface area contributed by atoms with E-state index in [2.05, 4.69) is 25.6 Å². The van der Waals surface area contributed by atoms with Crippen molar-refractivity contribution in [2.45, 2.75) is 6.92 Å². The molecule has 0 atom stereocenters. The molecule has 2 aromatic heterocycles. The summed E-state index contributed by atoms with van der Waals surface area (Å²) in [6, 6.07) is 8.86. The minimum atomic E-state index is -0.360. The van der Waals surface area contributed by atoms with Crippen molar-refractivity contribution in [2.24, 2.45) is 0 Å². The molecule has 7 heteroatoms. The van der Waals surface area contributed by atoms with Gasteiger partial charge in [-0.25, -0.2) is 19.7 Å². The van der Waals surface area contributed by atoms with Gasteiger partial charge in [0.05, 0.1) is 0 Å². The molecule has 0 spiro atoms. The van der Waals surface area contributed by atoms with Crippen LogP contribution in [0, 0.1) is 6.92 Å². The zero-order chi connectivity index (χ0) is 15.4. The second-order valence-corrected chi connectivity index (χ2v) is 4.68. The normalized spacial score (nSPS) is 10.2. The van der Waals surface area contributed by atoms with Crippen molar-refractivity contribution in [1.82, 2.24) is 19.5 Å². The largest absolute Gasteiger partial charge is 0.324 e. The molecule has 0 radical (unpaired) electrons. The Hall–Kier alpha value is -3.22. The highest BCUT2D eigenvalue weighted by atomic mass is 16.2. The zero-order valence-electron chi connectivity index (χ0n) is 11.9.